The Kier molecular flexibility index (Phi) is 4.59. The maximum absolute atomic E-state index is 11.7. The van der Waals surface area contributed by atoms with Crippen molar-refractivity contribution >= 4 is 11.6 Å². The van der Waals surface area contributed by atoms with Gasteiger partial charge >= 0.3 is 0 Å². The number of nitrogens with two attached hydrogens (primary N) is 1. The molecule has 0 aliphatic carbocycles. The third-order valence-corrected chi connectivity index (χ3v) is 3.23. The fourth-order valence-corrected chi connectivity index (χ4v) is 2.14. The van der Waals surface area contributed by atoms with Gasteiger partial charge in [-0.15, -0.1) is 0 Å². The molecule has 4 heteroatoms. The minimum Gasteiger partial charge on any atom is -0.399 e. The summed E-state index contributed by atoms with van der Waals surface area (Å²) < 4.78 is 5.67. The number of carbonyl (C=O) groups excluding carboxylic acids is 1. The van der Waals surface area contributed by atoms with E-state index in [4.69, 9.17) is 10.5 Å². The molecule has 0 spiro atoms. The molecule has 1 aromatic carbocycles. The summed E-state index contributed by atoms with van der Waals surface area (Å²) in [5.74, 6) is 0.0218. The van der Waals surface area contributed by atoms with Gasteiger partial charge in [0.05, 0.1) is 6.61 Å². The third-order valence-electron chi connectivity index (χ3n) is 3.23. The molecule has 1 amide bonds. The predicted molar refractivity (Wildman–Crippen MR) is 71.2 cm³/mol. The first kappa shape index (κ1) is 12.9. The second-order valence-corrected chi connectivity index (χ2v) is 4.60. The average molecular weight is 248 g/mol. The molecule has 1 fully saturated rings. The normalized spacial score (nSPS) is 20.2. The lowest BCUT2D eigenvalue weighted by Gasteiger charge is -2.14. The van der Waals surface area contributed by atoms with Gasteiger partial charge in [-0.05, 0) is 37.3 Å². The van der Waals surface area contributed by atoms with Gasteiger partial charge in [0, 0.05) is 12.2 Å². The summed E-state index contributed by atoms with van der Waals surface area (Å²) in [6, 6.07) is 7.75. The number of carbonyl (C=O) groups is 1. The summed E-state index contributed by atoms with van der Waals surface area (Å²) in [7, 11) is 0. The number of anilines is 1. The van der Waals surface area contributed by atoms with E-state index in [1.165, 1.54) is 0 Å². The quantitative estimate of drug-likeness (QED) is 0.794. The van der Waals surface area contributed by atoms with Gasteiger partial charge in [0.25, 0.3) is 0 Å². The van der Waals surface area contributed by atoms with Gasteiger partial charge in [-0.1, -0.05) is 18.2 Å². The lowest BCUT2D eigenvalue weighted by atomic mass is 10.1. The highest BCUT2D eigenvalue weighted by atomic mass is 16.5. The summed E-state index contributed by atoms with van der Waals surface area (Å²) in [6.45, 7) is 1.30. The van der Waals surface area contributed by atoms with Crippen molar-refractivity contribution in [1.82, 2.24) is 5.32 Å². The molecule has 4 nitrogen and oxygen atoms in total. The number of nitrogen functional groups attached to an aromatic ring is 1. The highest BCUT2D eigenvalue weighted by Gasteiger charge is 2.20. The first-order valence-electron chi connectivity index (χ1n) is 6.50. The molecular formula is C14H20N2O2. The van der Waals surface area contributed by atoms with Crippen molar-refractivity contribution in [3.05, 3.63) is 29.8 Å². The molecule has 2 rings (SSSR count). The molecule has 1 saturated heterocycles. The third kappa shape index (κ3) is 3.47. The van der Waals surface area contributed by atoms with Crippen LogP contribution in [-0.2, 0) is 16.0 Å². The van der Waals surface area contributed by atoms with Gasteiger partial charge < -0.3 is 15.8 Å². The van der Waals surface area contributed by atoms with E-state index in [1.54, 1.807) is 0 Å². The highest BCUT2D eigenvalue weighted by Crippen LogP contribution is 2.13. The lowest BCUT2D eigenvalue weighted by Crippen LogP contribution is -2.35. The zero-order valence-corrected chi connectivity index (χ0v) is 10.5. The van der Waals surface area contributed by atoms with Crippen LogP contribution in [0.5, 0.6) is 0 Å². The van der Waals surface area contributed by atoms with Crippen LogP contribution in [0.3, 0.4) is 0 Å². The highest BCUT2D eigenvalue weighted by molar-refractivity contribution is 5.80. The van der Waals surface area contributed by atoms with Crippen LogP contribution in [0.2, 0.25) is 0 Å². The molecule has 1 atom stereocenters. The first-order valence-corrected chi connectivity index (χ1v) is 6.50. The fourth-order valence-electron chi connectivity index (χ4n) is 2.14. The standard InChI is InChI=1S/C14H20N2O2/c15-12-6-2-1-5-11(12)8-10-18-13-7-3-4-9-16-14(13)17/h1-2,5-6,13H,3-4,7-10,15H2,(H,16,17). The summed E-state index contributed by atoms with van der Waals surface area (Å²) in [5.41, 5.74) is 7.72. The Balaban J connectivity index is 1.81. The molecular weight excluding hydrogens is 228 g/mol. The first-order chi connectivity index (χ1) is 8.77. The molecule has 0 bridgehead atoms. The Hall–Kier alpha value is -1.55. The van der Waals surface area contributed by atoms with Gasteiger partial charge in [-0.2, -0.15) is 0 Å². The van der Waals surface area contributed by atoms with Crippen molar-refractivity contribution in [3.8, 4) is 0 Å². The van der Waals surface area contributed by atoms with Crippen molar-refractivity contribution in [2.24, 2.45) is 0 Å². The van der Waals surface area contributed by atoms with Gasteiger partial charge in [0.15, 0.2) is 0 Å². The molecule has 1 aromatic rings. The Bertz CT molecular complexity index is 407. The summed E-state index contributed by atoms with van der Waals surface area (Å²) in [6.07, 6.45) is 3.35. The molecule has 1 unspecified atom stereocenters. The van der Waals surface area contributed by atoms with Gasteiger partial charge in [0.1, 0.15) is 6.10 Å². The van der Waals surface area contributed by atoms with E-state index in [1.807, 2.05) is 24.3 Å². The molecule has 98 valence electrons. The Morgan fingerprint density at radius 1 is 1.33 bits per heavy atom. The zero-order valence-electron chi connectivity index (χ0n) is 10.5. The fraction of sp³-hybridized carbons (Fsp3) is 0.500. The van der Waals surface area contributed by atoms with Crippen molar-refractivity contribution in [3.63, 3.8) is 0 Å². The second-order valence-electron chi connectivity index (χ2n) is 4.60. The number of ether oxygens (including phenoxy) is 1. The molecule has 1 aliphatic rings. The van der Waals surface area contributed by atoms with Crippen molar-refractivity contribution in [1.29, 1.82) is 0 Å². The maximum Gasteiger partial charge on any atom is 0.249 e. The number of para-hydroxylation sites is 1. The molecule has 1 aliphatic heterocycles. The van der Waals surface area contributed by atoms with Gasteiger partial charge in [-0.3, -0.25) is 4.79 Å². The number of amides is 1. The Morgan fingerprint density at radius 3 is 3.00 bits per heavy atom. The van der Waals surface area contributed by atoms with Crippen LogP contribution in [0.1, 0.15) is 24.8 Å². The van der Waals surface area contributed by atoms with Gasteiger partial charge in [0.2, 0.25) is 5.91 Å². The van der Waals surface area contributed by atoms with Crippen LogP contribution in [0.4, 0.5) is 5.69 Å². The molecule has 18 heavy (non-hydrogen) atoms. The smallest absolute Gasteiger partial charge is 0.249 e. The van der Waals surface area contributed by atoms with Crippen molar-refractivity contribution in [2.45, 2.75) is 31.8 Å². The summed E-state index contributed by atoms with van der Waals surface area (Å²) >= 11 is 0. The minimum absolute atomic E-state index is 0.0218. The van der Waals surface area contributed by atoms with Crippen LogP contribution >= 0.6 is 0 Å². The van der Waals surface area contributed by atoms with Crippen molar-refractivity contribution < 1.29 is 9.53 Å². The van der Waals surface area contributed by atoms with Crippen LogP contribution in [0.15, 0.2) is 24.3 Å². The Morgan fingerprint density at radius 2 is 2.17 bits per heavy atom. The van der Waals surface area contributed by atoms with Gasteiger partial charge in [-0.25, -0.2) is 0 Å². The van der Waals surface area contributed by atoms with E-state index < -0.39 is 0 Å². The van der Waals surface area contributed by atoms with Crippen LogP contribution in [0, 0.1) is 0 Å². The topological polar surface area (TPSA) is 64.3 Å². The number of rotatable bonds is 4. The monoisotopic (exact) mass is 248 g/mol. The van der Waals surface area contributed by atoms with E-state index in [-0.39, 0.29) is 12.0 Å². The van der Waals surface area contributed by atoms with E-state index in [0.717, 1.165) is 43.5 Å². The molecule has 3 N–H and O–H groups in total. The largest absolute Gasteiger partial charge is 0.399 e. The molecule has 0 radical (unpaired) electrons. The van der Waals surface area contributed by atoms with Crippen LogP contribution < -0.4 is 11.1 Å². The average Bonchev–Trinajstić information content (AvgIpc) is 2.57. The maximum atomic E-state index is 11.7. The number of benzene rings is 1. The number of hydrogen-bond acceptors (Lipinski definition) is 3. The molecule has 0 saturated carbocycles. The zero-order chi connectivity index (χ0) is 12.8. The van der Waals surface area contributed by atoms with Crippen LogP contribution in [0.25, 0.3) is 0 Å². The van der Waals surface area contributed by atoms with Crippen LogP contribution in [-0.4, -0.2) is 25.2 Å². The minimum atomic E-state index is -0.294. The SMILES string of the molecule is Nc1ccccc1CCOC1CCCCNC1=O. The molecule has 0 aromatic heterocycles. The van der Waals surface area contributed by atoms with E-state index in [9.17, 15) is 4.79 Å². The lowest BCUT2D eigenvalue weighted by molar-refractivity contribution is -0.132. The van der Waals surface area contributed by atoms with E-state index in [2.05, 4.69) is 5.32 Å². The Labute approximate surface area is 108 Å². The number of hydrogen-bond donors (Lipinski definition) is 2. The number of nitrogens with one attached hydrogen (secondary N) is 1. The summed E-state index contributed by atoms with van der Waals surface area (Å²) in [5, 5.41) is 2.87. The summed E-state index contributed by atoms with van der Waals surface area (Å²) in [4.78, 5) is 11.7. The second kappa shape index (κ2) is 6.40. The van der Waals surface area contributed by atoms with E-state index in [0.29, 0.717) is 6.61 Å². The van der Waals surface area contributed by atoms with E-state index >= 15 is 0 Å². The van der Waals surface area contributed by atoms with Crippen molar-refractivity contribution in [2.75, 3.05) is 18.9 Å². The molecule has 1 heterocycles. The predicted octanol–water partition coefficient (Wildman–Crippen LogP) is 1.50.